The molecule has 0 saturated heterocycles. The van der Waals surface area contributed by atoms with Gasteiger partial charge < -0.3 is 0 Å². The van der Waals surface area contributed by atoms with Crippen LogP contribution in [0.2, 0.25) is 0 Å². The van der Waals surface area contributed by atoms with Gasteiger partial charge >= 0.3 is 0 Å². The molecule has 0 aliphatic carbocycles. The second kappa shape index (κ2) is 6.99. The van der Waals surface area contributed by atoms with Crippen molar-refractivity contribution in [2.24, 2.45) is 0 Å². The van der Waals surface area contributed by atoms with E-state index < -0.39 is 10.0 Å². The number of hydrogen-bond acceptors (Lipinski definition) is 2. The molecule has 1 aromatic rings. The quantitative estimate of drug-likeness (QED) is 0.614. The fraction of sp³-hybridized carbons (Fsp3) is 0.500. The van der Waals surface area contributed by atoms with Crippen LogP contribution in [0.3, 0.4) is 0 Å². The van der Waals surface area contributed by atoms with Crippen molar-refractivity contribution < 1.29 is 8.42 Å². The lowest BCUT2D eigenvalue weighted by atomic mass is 10.2. The van der Waals surface area contributed by atoms with Gasteiger partial charge in [-0.25, -0.2) is 13.1 Å². The molecule has 96 valence electrons. The number of alkyl halides is 1. The second-order valence-electron chi connectivity index (χ2n) is 3.91. The number of benzene rings is 1. The van der Waals surface area contributed by atoms with Crippen molar-refractivity contribution in [3.05, 3.63) is 29.8 Å². The maximum atomic E-state index is 11.9. The van der Waals surface area contributed by atoms with Crippen molar-refractivity contribution in [2.75, 3.05) is 12.4 Å². The molecule has 0 saturated carbocycles. The van der Waals surface area contributed by atoms with Gasteiger partial charge in [0.25, 0.3) is 0 Å². The molecule has 0 heterocycles. The highest BCUT2D eigenvalue weighted by atomic mass is 35.5. The number of hydrogen-bond donors (Lipinski definition) is 1. The summed E-state index contributed by atoms with van der Waals surface area (Å²) in [4.78, 5) is 0.359. The summed E-state index contributed by atoms with van der Waals surface area (Å²) < 4.78 is 26.5. The van der Waals surface area contributed by atoms with Gasteiger partial charge in [0, 0.05) is 12.4 Å². The van der Waals surface area contributed by atoms with Crippen LogP contribution in [0.15, 0.2) is 29.2 Å². The van der Waals surface area contributed by atoms with Crippen LogP contribution < -0.4 is 4.72 Å². The Hall–Kier alpha value is -0.580. The molecule has 0 bridgehead atoms. The maximum absolute atomic E-state index is 11.9. The van der Waals surface area contributed by atoms with Crippen LogP contribution >= 0.6 is 11.6 Å². The van der Waals surface area contributed by atoms with E-state index in [9.17, 15) is 8.42 Å². The predicted molar refractivity (Wildman–Crippen MR) is 70.9 cm³/mol. The van der Waals surface area contributed by atoms with E-state index in [-0.39, 0.29) is 0 Å². The molecular weight excluding hydrogens is 258 g/mol. The molecule has 0 amide bonds. The smallest absolute Gasteiger partial charge is 0.211 e. The van der Waals surface area contributed by atoms with Gasteiger partial charge in [0.2, 0.25) is 10.0 Å². The third kappa shape index (κ3) is 4.66. The summed E-state index contributed by atoms with van der Waals surface area (Å²) >= 11 is 5.55. The van der Waals surface area contributed by atoms with E-state index in [0.717, 1.165) is 24.8 Å². The summed E-state index contributed by atoms with van der Waals surface area (Å²) in [5, 5.41) is 0. The topological polar surface area (TPSA) is 46.2 Å². The van der Waals surface area contributed by atoms with Crippen molar-refractivity contribution in [1.29, 1.82) is 0 Å². The number of aryl methyl sites for hydroxylation is 1. The molecule has 1 rings (SSSR count). The molecule has 1 aromatic carbocycles. The molecule has 3 nitrogen and oxygen atoms in total. The van der Waals surface area contributed by atoms with Crippen molar-refractivity contribution >= 4 is 21.6 Å². The Morgan fingerprint density at radius 3 is 2.53 bits per heavy atom. The molecule has 0 aliphatic heterocycles. The van der Waals surface area contributed by atoms with Crippen LogP contribution in [0, 0.1) is 6.92 Å². The lowest BCUT2D eigenvalue weighted by Crippen LogP contribution is -2.25. The van der Waals surface area contributed by atoms with Crippen LogP contribution in [0.1, 0.15) is 24.8 Å². The zero-order chi connectivity index (χ0) is 12.7. The van der Waals surface area contributed by atoms with Gasteiger partial charge in [-0.15, -0.1) is 11.6 Å². The van der Waals surface area contributed by atoms with Crippen LogP contribution in [-0.4, -0.2) is 20.8 Å². The third-order valence-electron chi connectivity index (χ3n) is 2.49. The average Bonchev–Trinajstić information content (AvgIpc) is 2.29. The first kappa shape index (κ1) is 14.5. The first-order valence-corrected chi connectivity index (χ1v) is 7.71. The van der Waals surface area contributed by atoms with Gasteiger partial charge in [-0.05, 0) is 31.4 Å². The SMILES string of the molecule is Cc1ccccc1S(=O)(=O)NCCCCCCl. The highest BCUT2D eigenvalue weighted by Crippen LogP contribution is 2.13. The minimum Gasteiger partial charge on any atom is -0.211 e. The van der Waals surface area contributed by atoms with E-state index in [1.165, 1.54) is 0 Å². The Kier molecular flexibility index (Phi) is 5.95. The molecular formula is C12H18ClNO2S. The lowest BCUT2D eigenvalue weighted by molar-refractivity contribution is 0.575. The number of sulfonamides is 1. The summed E-state index contributed by atoms with van der Waals surface area (Å²) in [5.74, 6) is 0.630. The first-order chi connectivity index (χ1) is 8.08. The Balaban J connectivity index is 2.55. The van der Waals surface area contributed by atoms with Crippen molar-refractivity contribution in [3.8, 4) is 0 Å². The molecule has 0 radical (unpaired) electrons. The van der Waals surface area contributed by atoms with Crippen molar-refractivity contribution in [3.63, 3.8) is 0 Å². The van der Waals surface area contributed by atoms with Gasteiger partial charge in [0.05, 0.1) is 4.90 Å². The second-order valence-corrected chi connectivity index (χ2v) is 6.03. The predicted octanol–water partition coefficient (Wildman–Crippen LogP) is 2.68. The standard InChI is InChI=1S/C12H18ClNO2S/c1-11-7-3-4-8-12(11)17(15,16)14-10-6-2-5-9-13/h3-4,7-8,14H,2,5-6,9-10H2,1H3. The molecule has 5 heteroatoms. The normalized spacial score (nSPS) is 11.6. The summed E-state index contributed by atoms with van der Waals surface area (Å²) in [6, 6.07) is 6.97. The monoisotopic (exact) mass is 275 g/mol. The third-order valence-corrected chi connectivity index (χ3v) is 4.37. The van der Waals surface area contributed by atoms with E-state index >= 15 is 0 Å². The highest BCUT2D eigenvalue weighted by molar-refractivity contribution is 7.89. The van der Waals surface area contributed by atoms with E-state index in [4.69, 9.17) is 11.6 Å². The van der Waals surface area contributed by atoms with Crippen LogP contribution in [0.25, 0.3) is 0 Å². The van der Waals surface area contributed by atoms with E-state index in [0.29, 0.717) is 17.3 Å². The first-order valence-electron chi connectivity index (χ1n) is 5.69. The summed E-state index contributed by atoms with van der Waals surface area (Å²) in [6.45, 7) is 2.26. The van der Waals surface area contributed by atoms with Gasteiger partial charge in [-0.1, -0.05) is 24.6 Å². The molecule has 0 aliphatic rings. The summed E-state index contributed by atoms with van der Waals surface area (Å²) in [5.41, 5.74) is 0.765. The van der Waals surface area contributed by atoms with Crippen molar-refractivity contribution in [1.82, 2.24) is 4.72 Å². The summed E-state index contributed by atoms with van der Waals surface area (Å²) in [7, 11) is -3.36. The average molecular weight is 276 g/mol. The van der Waals surface area contributed by atoms with Gasteiger partial charge in [-0.3, -0.25) is 0 Å². The fourth-order valence-corrected chi connectivity index (χ4v) is 3.05. The number of halogens is 1. The Labute approximate surface area is 108 Å². The van der Waals surface area contributed by atoms with Crippen molar-refractivity contribution in [2.45, 2.75) is 31.1 Å². The molecule has 17 heavy (non-hydrogen) atoms. The lowest BCUT2D eigenvalue weighted by Gasteiger charge is -2.08. The Bertz CT molecular complexity index is 446. The van der Waals surface area contributed by atoms with Crippen LogP contribution in [0.5, 0.6) is 0 Å². The highest BCUT2D eigenvalue weighted by Gasteiger charge is 2.14. The number of nitrogens with one attached hydrogen (secondary N) is 1. The molecule has 0 unspecified atom stereocenters. The van der Waals surface area contributed by atoms with Crippen LogP contribution in [-0.2, 0) is 10.0 Å². The van der Waals surface area contributed by atoms with E-state index in [2.05, 4.69) is 4.72 Å². The molecule has 1 N–H and O–H groups in total. The molecule has 0 spiro atoms. The van der Waals surface area contributed by atoms with Gasteiger partial charge in [-0.2, -0.15) is 0 Å². The van der Waals surface area contributed by atoms with E-state index in [1.54, 1.807) is 25.1 Å². The minimum absolute atomic E-state index is 0.359. The zero-order valence-electron chi connectivity index (χ0n) is 9.95. The van der Waals surface area contributed by atoms with Gasteiger partial charge in [0.15, 0.2) is 0 Å². The van der Waals surface area contributed by atoms with E-state index in [1.807, 2.05) is 6.07 Å². The Morgan fingerprint density at radius 2 is 1.88 bits per heavy atom. The molecule has 0 aromatic heterocycles. The zero-order valence-corrected chi connectivity index (χ0v) is 11.5. The maximum Gasteiger partial charge on any atom is 0.240 e. The minimum atomic E-state index is -3.36. The van der Waals surface area contributed by atoms with Crippen LogP contribution in [0.4, 0.5) is 0 Å². The number of unbranched alkanes of at least 4 members (excludes halogenated alkanes) is 2. The Morgan fingerprint density at radius 1 is 1.18 bits per heavy atom. The van der Waals surface area contributed by atoms with Gasteiger partial charge in [0.1, 0.15) is 0 Å². The fourth-order valence-electron chi connectivity index (χ4n) is 1.54. The number of rotatable bonds is 7. The largest absolute Gasteiger partial charge is 0.240 e. The molecule has 0 atom stereocenters. The molecule has 0 fully saturated rings. The summed E-state index contributed by atoms with van der Waals surface area (Å²) in [6.07, 6.45) is 2.69.